The van der Waals surface area contributed by atoms with Crippen molar-refractivity contribution in [2.24, 2.45) is 0 Å². The molecule has 1 N–H and O–H groups in total. The third kappa shape index (κ3) is 1.01. The van der Waals surface area contributed by atoms with E-state index < -0.39 is 4.92 Å². The summed E-state index contributed by atoms with van der Waals surface area (Å²) in [5.74, 6) is 0.660. The lowest BCUT2D eigenvalue weighted by atomic mass is 10.3. The molecule has 2 rings (SSSR count). The highest BCUT2D eigenvalue weighted by Crippen LogP contribution is 2.19. The van der Waals surface area contributed by atoms with E-state index in [1.807, 2.05) is 0 Å². The van der Waals surface area contributed by atoms with Gasteiger partial charge in [0.1, 0.15) is 0 Å². The van der Waals surface area contributed by atoms with Crippen molar-refractivity contribution in [2.75, 3.05) is 11.9 Å². The minimum Gasteiger partial charge on any atom is -0.368 e. The number of anilines is 1. The van der Waals surface area contributed by atoms with Gasteiger partial charge < -0.3 is 15.4 Å². The Kier molecular flexibility index (Phi) is 1.46. The van der Waals surface area contributed by atoms with Crippen LogP contribution in [0.5, 0.6) is 0 Å². The minimum atomic E-state index is -0.479. The summed E-state index contributed by atoms with van der Waals surface area (Å²) in [6.07, 6.45) is 0.964. The summed E-state index contributed by atoms with van der Waals surface area (Å²) in [5.41, 5.74) is 0. The van der Waals surface area contributed by atoms with Crippen molar-refractivity contribution in [3.63, 3.8) is 0 Å². The van der Waals surface area contributed by atoms with Crippen LogP contribution in [-0.2, 0) is 6.54 Å². The Balaban J connectivity index is 2.38. The molecule has 0 fully saturated rings. The number of nitrogens with one attached hydrogen (secondary N) is 1. The molecule has 1 aliphatic rings. The first kappa shape index (κ1) is 7.08. The summed E-state index contributed by atoms with van der Waals surface area (Å²) in [4.78, 5) is 9.84. The van der Waals surface area contributed by atoms with Gasteiger partial charge in [0.15, 0.2) is 5.82 Å². The molecule has 0 saturated carbocycles. The minimum absolute atomic E-state index is 0.0839. The Morgan fingerprint density at radius 2 is 2.58 bits per heavy atom. The molecule has 64 valence electrons. The van der Waals surface area contributed by atoms with Crippen LogP contribution in [0.4, 0.5) is 11.6 Å². The first-order valence-corrected chi connectivity index (χ1v) is 3.73. The largest absolute Gasteiger partial charge is 0.392 e. The van der Waals surface area contributed by atoms with E-state index >= 15 is 0 Å². The van der Waals surface area contributed by atoms with Gasteiger partial charge in [0.25, 0.3) is 0 Å². The molecule has 0 spiro atoms. The van der Waals surface area contributed by atoms with Gasteiger partial charge in [-0.25, -0.2) is 0 Å². The van der Waals surface area contributed by atoms with Gasteiger partial charge in [-0.3, -0.25) is 0 Å². The standard InChI is InChI=1S/C6H8N4O2/c11-10(12)6-4-5-7-2-1-3-9(5)8-6/h4,7H,1-3H2. The van der Waals surface area contributed by atoms with Gasteiger partial charge in [0.2, 0.25) is 0 Å². The van der Waals surface area contributed by atoms with Crippen LogP contribution in [0.15, 0.2) is 6.07 Å². The molecule has 0 atom stereocenters. The molecule has 1 aliphatic heterocycles. The number of nitro groups is 1. The summed E-state index contributed by atoms with van der Waals surface area (Å²) < 4.78 is 1.63. The predicted molar refractivity (Wildman–Crippen MR) is 42.0 cm³/mol. The molecule has 0 bridgehead atoms. The summed E-state index contributed by atoms with van der Waals surface area (Å²) in [6.45, 7) is 1.62. The third-order valence-electron chi connectivity index (χ3n) is 1.81. The van der Waals surface area contributed by atoms with E-state index in [4.69, 9.17) is 0 Å². The van der Waals surface area contributed by atoms with Gasteiger partial charge in [-0.1, -0.05) is 0 Å². The van der Waals surface area contributed by atoms with E-state index in [1.54, 1.807) is 4.68 Å². The van der Waals surface area contributed by atoms with Crippen LogP contribution in [0, 0.1) is 10.1 Å². The second kappa shape index (κ2) is 2.47. The average Bonchev–Trinajstić information content (AvgIpc) is 2.46. The number of hydrogen-bond acceptors (Lipinski definition) is 4. The molecule has 0 aliphatic carbocycles. The Bertz CT molecular complexity index is 296. The lowest BCUT2D eigenvalue weighted by Crippen LogP contribution is -2.17. The summed E-state index contributed by atoms with van der Waals surface area (Å²) in [6, 6.07) is 1.46. The van der Waals surface area contributed by atoms with Crippen LogP contribution in [0.3, 0.4) is 0 Å². The van der Waals surface area contributed by atoms with Crippen LogP contribution in [0.25, 0.3) is 0 Å². The molecular weight excluding hydrogens is 160 g/mol. The van der Waals surface area contributed by atoms with Crippen molar-refractivity contribution in [1.29, 1.82) is 0 Å². The summed E-state index contributed by atoms with van der Waals surface area (Å²) in [7, 11) is 0. The maximum atomic E-state index is 10.3. The topological polar surface area (TPSA) is 73.0 Å². The fourth-order valence-electron chi connectivity index (χ4n) is 1.25. The van der Waals surface area contributed by atoms with Crippen LogP contribution in [0.2, 0.25) is 0 Å². The van der Waals surface area contributed by atoms with E-state index in [0.29, 0.717) is 0 Å². The normalized spacial score (nSPS) is 15.0. The van der Waals surface area contributed by atoms with E-state index in [1.165, 1.54) is 6.07 Å². The molecule has 1 aromatic heterocycles. The molecule has 2 heterocycles. The predicted octanol–water partition coefficient (Wildman–Crippen LogP) is 0.607. The Morgan fingerprint density at radius 1 is 1.75 bits per heavy atom. The lowest BCUT2D eigenvalue weighted by molar-refractivity contribution is -0.389. The smallest absolute Gasteiger partial charge is 0.368 e. The maximum absolute atomic E-state index is 10.3. The zero-order valence-electron chi connectivity index (χ0n) is 6.36. The molecule has 0 amide bonds. The van der Waals surface area contributed by atoms with Gasteiger partial charge in [-0.15, -0.1) is 0 Å². The number of nitrogens with zero attached hydrogens (tertiary/aromatic N) is 3. The second-order valence-electron chi connectivity index (χ2n) is 2.65. The van der Waals surface area contributed by atoms with Crippen LogP contribution in [-0.4, -0.2) is 21.2 Å². The lowest BCUT2D eigenvalue weighted by Gasteiger charge is -2.10. The molecule has 0 saturated heterocycles. The van der Waals surface area contributed by atoms with Crippen LogP contribution < -0.4 is 5.32 Å². The molecule has 0 aromatic carbocycles. The summed E-state index contributed by atoms with van der Waals surface area (Å²) >= 11 is 0. The van der Waals surface area contributed by atoms with Gasteiger partial charge in [-0.2, -0.15) is 4.68 Å². The van der Waals surface area contributed by atoms with Gasteiger partial charge in [0, 0.05) is 6.54 Å². The number of fused-ring (bicyclic) bond motifs is 1. The fourth-order valence-corrected chi connectivity index (χ4v) is 1.25. The van der Waals surface area contributed by atoms with Crippen molar-refractivity contribution in [3.8, 4) is 0 Å². The molecule has 6 heteroatoms. The molecule has 0 unspecified atom stereocenters. The van der Waals surface area contributed by atoms with Crippen molar-refractivity contribution in [3.05, 3.63) is 16.2 Å². The van der Waals surface area contributed by atoms with Gasteiger partial charge in [0.05, 0.1) is 17.7 Å². The van der Waals surface area contributed by atoms with Crippen molar-refractivity contribution in [2.45, 2.75) is 13.0 Å². The summed E-state index contributed by atoms with van der Waals surface area (Å²) in [5, 5.41) is 17.2. The molecular formula is C6H8N4O2. The van der Waals surface area contributed by atoms with E-state index in [9.17, 15) is 10.1 Å². The number of rotatable bonds is 1. The van der Waals surface area contributed by atoms with Crippen molar-refractivity contribution in [1.82, 2.24) is 9.78 Å². The number of aromatic nitrogens is 2. The van der Waals surface area contributed by atoms with E-state index in [-0.39, 0.29) is 5.82 Å². The fraction of sp³-hybridized carbons (Fsp3) is 0.500. The molecule has 0 radical (unpaired) electrons. The maximum Gasteiger partial charge on any atom is 0.392 e. The van der Waals surface area contributed by atoms with Crippen LogP contribution >= 0.6 is 0 Å². The zero-order valence-corrected chi connectivity index (χ0v) is 6.36. The van der Waals surface area contributed by atoms with E-state index in [0.717, 1.165) is 25.3 Å². The SMILES string of the molecule is O=[N+]([O-])c1cc2n(n1)CCCN2. The first-order valence-electron chi connectivity index (χ1n) is 3.73. The Hall–Kier alpha value is -1.59. The highest BCUT2D eigenvalue weighted by Gasteiger charge is 2.19. The highest BCUT2D eigenvalue weighted by molar-refractivity contribution is 5.43. The van der Waals surface area contributed by atoms with Gasteiger partial charge >= 0.3 is 5.82 Å². The first-order chi connectivity index (χ1) is 5.77. The molecule has 6 nitrogen and oxygen atoms in total. The number of aryl methyl sites for hydroxylation is 1. The van der Waals surface area contributed by atoms with E-state index in [2.05, 4.69) is 10.4 Å². The average molecular weight is 168 g/mol. The second-order valence-corrected chi connectivity index (χ2v) is 2.65. The van der Waals surface area contributed by atoms with Crippen molar-refractivity contribution < 1.29 is 4.92 Å². The molecule has 1 aromatic rings. The van der Waals surface area contributed by atoms with Crippen LogP contribution in [0.1, 0.15) is 6.42 Å². The third-order valence-corrected chi connectivity index (χ3v) is 1.81. The Labute approximate surface area is 68.3 Å². The highest BCUT2D eigenvalue weighted by atomic mass is 16.6. The quantitative estimate of drug-likeness (QED) is 0.492. The van der Waals surface area contributed by atoms with Gasteiger partial charge in [-0.05, 0) is 11.3 Å². The monoisotopic (exact) mass is 168 g/mol. The number of hydrogen-bond donors (Lipinski definition) is 1. The Morgan fingerprint density at radius 3 is 3.25 bits per heavy atom. The van der Waals surface area contributed by atoms with Crippen molar-refractivity contribution >= 4 is 11.6 Å². The molecule has 12 heavy (non-hydrogen) atoms. The zero-order chi connectivity index (χ0) is 8.55.